The van der Waals surface area contributed by atoms with Gasteiger partial charge in [-0.05, 0) is 24.4 Å². The molecule has 3 nitrogen and oxygen atoms in total. The molecule has 0 radical (unpaired) electrons. The minimum atomic E-state index is -0.384. The van der Waals surface area contributed by atoms with E-state index in [-0.39, 0.29) is 24.8 Å². The van der Waals surface area contributed by atoms with Gasteiger partial charge in [-0.25, -0.2) is 4.79 Å². The summed E-state index contributed by atoms with van der Waals surface area (Å²) in [5, 5.41) is 1.97. The molecular formula is C15H14O3S. The van der Waals surface area contributed by atoms with Crippen molar-refractivity contribution < 1.29 is 14.3 Å². The van der Waals surface area contributed by atoms with Crippen LogP contribution < -0.4 is 0 Å². The van der Waals surface area contributed by atoms with E-state index in [0.717, 1.165) is 10.4 Å². The number of esters is 1. The summed E-state index contributed by atoms with van der Waals surface area (Å²) in [4.78, 5) is 23.9. The van der Waals surface area contributed by atoms with E-state index in [2.05, 4.69) is 0 Å². The third kappa shape index (κ3) is 3.51. The van der Waals surface area contributed by atoms with Crippen molar-refractivity contribution in [2.24, 2.45) is 0 Å². The van der Waals surface area contributed by atoms with Gasteiger partial charge in [-0.2, -0.15) is 0 Å². The minimum absolute atomic E-state index is 0.0133. The van der Waals surface area contributed by atoms with Crippen molar-refractivity contribution in [3.63, 3.8) is 0 Å². The van der Waals surface area contributed by atoms with Crippen molar-refractivity contribution in [1.29, 1.82) is 0 Å². The monoisotopic (exact) mass is 274 g/mol. The Labute approximate surface area is 115 Å². The fourth-order valence-electron chi connectivity index (χ4n) is 1.67. The van der Waals surface area contributed by atoms with Crippen molar-refractivity contribution in [2.75, 3.05) is 6.61 Å². The minimum Gasteiger partial charge on any atom is -0.462 e. The van der Waals surface area contributed by atoms with E-state index in [9.17, 15) is 9.59 Å². The summed E-state index contributed by atoms with van der Waals surface area (Å²) in [5.74, 6) is -0.371. The van der Waals surface area contributed by atoms with Crippen LogP contribution in [-0.4, -0.2) is 18.4 Å². The first-order chi connectivity index (χ1) is 9.18. The van der Waals surface area contributed by atoms with Crippen LogP contribution in [0.1, 0.15) is 23.7 Å². The predicted molar refractivity (Wildman–Crippen MR) is 75.3 cm³/mol. The Balaban J connectivity index is 2.16. The maximum atomic E-state index is 12.0. The van der Waals surface area contributed by atoms with Crippen LogP contribution in [0.3, 0.4) is 0 Å². The van der Waals surface area contributed by atoms with E-state index in [1.165, 1.54) is 6.92 Å². The van der Waals surface area contributed by atoms with Gasteiger partial charge in [-0.3, -0.25) is 4.79 Å². The number of hydrogen-bond donors (Lipinski definition) is 0. The normalized spacial score (nSPS) is 10.2. The number of carbonyl (C=O) groups excluding carboxylic acids is 2. The van der Waals surface area contributed by atoms with Gasteiger partial charge in [0.05, 0.1) is 12.2 Å². The van der Waals surface area contributed by atoms with Crippen molar-refractivity contribution in [3.8, 4) is 10.4 Å². The molecule has 98 valence electrons. The molecule has 2 rings (SSSR count). The van der Waals surface area contributed by atoms with Gasteiger partial charge in [0.2, 0.25) is 0 Å². The molecule has 0 N–H and O–H groups in total. The van der Waals surface area contributed by atoms with Crippen molar-refractivity contribution in [1.82, 2.24) is 0 Å². The lowest BCUT2D eigenvalue weighted by atomic mass is 10.1. The number of ketones is 1. The van der Waals surface area contributed by atoms with Gasteiger partial charge in [0.15, 0.2) is 0 Å². The fourth-order valence-corrected chi connectivity index (χ4v) is 2.44. The Morgan fingerprint density at radius 3 is 2.63 bits per heavy atom. The zero-order valence-corrected chi connectivity index (χ0v) is 11.4. The van der Waals surface area contributed by atoms with Crippen LogP contribution in [0.5, 0.6) is 0 Å². The molecule has 0 aliphatic heterocycles. The summed E-state index contributed by atoms with van der Waals surface area (Å²) in [6, 6.07) is 11.2. The molecule has 0 spiro atoms. The zero-order valence-electron chi connectivity index (χ0n) is 10.6. The first kappa shape index (κ1) is 13.5. The number of Topliss-reactive ketones (excluding diaryl/α,β-unsaturated/α-hetero) is 1. The quantitative estimate of drug-likeness (QED) is 0.783. The summed E-state index contributed by atoms with van der Waals surface area (Å²) in [6.07, 6.45) is 0.257. The van der Waals surface area contributed by atoms with Gasteiger partial charge in [0.1, 0.15) is 5.78 Å². The van der Waals surface area contributed by atoms with Crippen LogP contribution in [-0.2, 0) is 9.53 Å². The number of carbonyl (C=O) groups is 2. The molecular weight excluding hydrogens is 260 g/mol. The second-order valence-corrected chi connectivity index (χ2v) is 5.06. The first-order valence-corrected chi connectivity index (χ1v) is 6.86. The van der Waals surface area contributed by atoms with Crippen molar-refractivity contribution >= 4 is 23.1 Å². The lowest BCUT2D eigenvalue weighted by Crippen LogP contribution is -2.09. The van der Waals surface area contributed by atoms with Crippen LogP contribution in [0, 0.1) is 0 Å². The summed E-state index contributed by atoms with van der Waals surface area (Å²) in [6.45, 7) is 1.61. The molecule has 0 aliphatic rings. The molecule has 1 aromatic carbocycles. The van der Waals surface area contributed by atoms with Gasteiger partial charge in [-0.15, -0.1) is 11.3 Å². The molecule has 0 unspecified atom stereocenters. The standard InChI is InChI=1S/C15H14O3S/c1-11(16)8-9-18-15(17)13-6-3-2-5-12(13)14-7-4-10-19-14/h2-7,10H,8-9H2,1H3. The Morgan fingerprint density at radius 1 is 1.16 bits per heavy atom. The van der Waals surface area contributed by atoms with Crippen molar-refractivity contribution in [2.45, 2.75) is 13.3 Å². The van der Waals surface area contributed by atoms with Gasteiger partial charge >= 0.3 is 5.97 Å². The first-order valence-electron chi connectivity index (χ1n) is 5.98. The summed E-state index contributed by atoms with van der Waals surface area (Å²) < 4.78 is 5.12. The highest BCUT2D eigenvalue weighted by atomic mass is 32.1. The van der Waals surface area contributed by atoms with E-state index in [1.807, 2.05) is 29.6 Å². The average molecular weight is 274 g/mol. The average Bonchev–Trinajstić information content (AvgIpc) is 2.92. The summed E-state index contributed by atoms with van der Waals surface area (Å²) in [5.41, 5.74) is 1.40. The Kier molecular flexibility index (Phi) is 4.47. The van der Waals surface area contributed by atoms with Gasteiger partial charge in [0.25, 0.3) is 0 Å². The zero-order chi connectivity index (χ0) is 13.7. The van der Waals surface area contributed by atoms with E-state index < -0.39 is 0 Å². The third-order valence-corrected chi connectivity index (χ3v) is 3.52. The molecule has 0 bridgehead atoms. The highest BCUT2D eigenvalue weighted by Crippen LogP contribution is 2.28. The lowest BCUT2D eigenvalue weighted by Gasteiger charge is -2.07. The molecule has 0 atom stereocenters. The van der Waals surface area contributed by atoms with Crippen LogP contribution in [0.25, 0.3) is 10.4 Å². The molecule has 19 heavy (non-hydrogen) atoms. The third-order valence-electron chi connectivity index (χ3n) is 2.62. The molecule has 0 saturated heterocycles. The molecule has 1 heterocycles. The lowest BCUT2D eigenvalue weighted by molar-refractivity contribution is -0.117. The van der Waals surface area contributed by atoms with Crippen LogP contribution >= 0.6 is 11.3 Å². The molecule has 1 aromatic heterocycles. The maximum Gasteiger partial charge on any atom is 0.338 e. The maximum absolute atomic E-state index is 12.0. The number of hydrogen-bond acceptors (Lipinski definition) is 4. The molecule has 0 aliphatic carbocycles. The highest BCUT2D eigenvalue weighted by Gasteiger charge is 2.14. The predicted octanol–water partition coefficient (Wildman–Crippen LogP) is 3.55. The summed E-state index contributed by atoms with van der Waals surface area (Å²) in [7, 11) is 0. The number of rotatable bonds is 5. The van der Waals surface area contributed by atoms with E-state index >= 15 is 0 Å². The second kappa shape index (κ2) is 6.29. The Hall–Kier alpha value is -1.94. The molecule has 0 fully saturated rings. The Bertz CT molecular complexity index is 573. The van der Waals surface area contributed by atoms with Gasteiger partial charge < -0.3 is 4.74 Å². The van der Waals surface area contributed by atoms with Gasteiger partial charge in [0, 0.05) is 16.9 Å². The smallest absolute Gasteiger partial charge is 0.338 e. The topological polar surface area (TPSA) is 43.4 Å². The number of benzene rings is 1. The molecule has 0 amide bonds. The van der Waals surface area contributed by atoms with Crippen LogP contribution in [0.2, 0.25) is 0 Å². The Morgan fingerprint density at radius 2 is 1.95 bits per heavy atom. The van der Waals surface area contributed by atoms with E-state index in [1.54, 1.807) is 23.5 Å². The largest absolute Gasteiger partial charge is 0.462 e. The van der Waals surface area contributed by atoms with Crippen molar-refractivity contribution in [3.05, 3.63) is 47.3 Å². The number of ether oxygens (including phenoxy) is 1. The second-order valence-electron chi connectivity index (χ2n) is 4.11. The molecule has 0 saturated carbocycles. The molecule has 4 heteroatoms. The fraction of sp³-hybridized carbons (Fsp3) is 0.200. The SMILES string of the molecule is CC(=O)CCOC(=O)c1ccccc1-c1cccs1. The van der Waals surface area contributed by atoms with Crippen LogP contribution in [0.4, 0.5) is 0 Å². The van der Waals surface area contributed by atoms with E-state index in [4.69, 9.17) is 4.74 Å². The van der Waals surface area contributed by atoms with Crippen LogP contribution in [0.15, 0.2) is 41.8 Å². The van der Waals surface area contributed by atoms with E-state index in [0.29, 0.717) is 5.56 Å². The van der Waals surface area contributed by atoms with Gasteiger partial charge in [-0.1, -0.05) is 24.3 Å². The summed E-state index contributed by atoms with van der Waals surface area (Å²) >= 11 is 1.57. The highest BCUT2D eigenvalue weighted by molar-refractivity contribution is 7.13. The molecule has 2 aromatic rings. The number of thiophene rings is 1.